The average Bonchev–Trinajstić information content (AvgIpc) is 2.17. The summed E-state index contributed by atoms with van der Waals surface area (Å²) in [6, 6.07) is 0. The fraction of sp³-hybridized carbons (Fsp3) is 1.00. The fourth-order valence-corrected chi connectivity index (χ4v) is 4.72. The summed E-state index contributed by atoms with van der Waals surface area (Å²) in [7, 11) is 0. The molecular weight excluding hydrogens is 197 g/mol. The lowest BCUT2D eigenvalue weighted by molar-refractivity contribution is 0.289. The first kappa shape index (κ1) is 16.8. The Hall–Kier alpha value is 0.372. The van der Waals surface area contributed by atoms with E-state index in [0.717, 1.165) is 35.1 Å². The van der Waals surface area contributed by atoms with Crippen LogP contribution in [0.1, 0.15) is 19.3 Å². The standard InChI is InChI=1S/3C3H7O.Al.H3N/c3*1-2-3-4;;/h3*4H,1-3H2;;1H3. The molecule has 0 aliphatic heterocycles. The van der Waals surface area contributed by atoms with E-state index in [1.165, 1.54) is 0 Å². The van der Waals surface area contributed by atoms with Crippen LogP contribution in [0.4, 0.5) is 0 Å². The molecule has 0 aliphatic carbocycles. The molecule has 14 heavy (non-hydrogen) atoms. The van der Waals surface area contributed by atoms with E-state index in [4.69, 9.17) is 15.3 Å². The predicted octanol–water partition coefficient (Wildman–Crippen LogP) is 0.790. The molecule has 0 spiro atoms. The van der Waals surface area contributed by atoms with Crippen molar-refractivity contribution in [2.75, 3.05) is 19.8 Å². The minimum absolute atomic E-state index is 0. The van der Waals surface area contributed by atoms with Gasteiger partial charge in [-0.3, -0.25) is 0 Å². The zero-order valence-corrected chi connectivity index (χ0v) is 10.1. The van der Waals surface area contributed by atoms with Gasteiger partial charge in [0.15, 0.2) is 0 Å². The van der Waals surface area contributed by atoms with Gasteiger partial charge in [-0.1, -0.05) is 15.8 Å². The van der Waals surface area contributed by atoms with Gasteiger partial charge in [0.1, 0.15) is 0 Å². The second kappa shape index (κ2) is 13.4. The molecule has 6 N–H and O–H groups in total. The highest BCUT2D eigenvalue weighted by atomic mass is 27.2. The normalized spacial score (nSPS) is 9.64. The second-order valence-electron chi connectivity index (χ2n) is 3.46. The Morgan fingerprint density at radius 1 is 0.643 bits per heavy atom. The highest BCUT2D eigenvalue weighted by Gasteiger charge is 2.14. The Labute approximate surface area is 90.9 Å². The molecule has 0 aliphatic rings. The largest absolute Gasteiger partial charge is 0.396 e. The Morgan fingerprint density at radius 2 is 0.929 bits per heavy atom. The monoisotopic (exact) mass is 221 g/mol. The number of hydrogen-bond acceptors (Lipinski definition) is 4. The molecule has 0 heterocycles. The summed E-state index contributed by atoms with van der Waals surface area (Å²) in [4.78, 5) is 0. The lowest BCUT2D eigenvalue weighted by atomic mass is 10.5. The quantitative estimate of drug-likeness (QED) is 0.433. The molecule has 0 saturated heterocycles. The Bertz CT molecular complexity index is 87.0. The molecule has 4 nitrogen and oxygen atoms in total. The number of aliphatic hydroxyl groups excluding tert-OH is 3. The first-order valence-electron chi connectivity index (χ1n) is 5.17. The first-order chi connectivity index (χ1) is 6.35. The van der Waals surface area contributed by atoms with E-state index in [9.17, 15) is 0 Å². The summed E-state index contributed by atoms with van der Waals surface area (Å²) in [6.45, 7) is 0.839. The molecule has 0 fully saturated rings. The van der Waals surface area contributed by atoms with Crippen LogP contribution in [0.3, 0.4) is 0 Å². The van der Waals surface area contributed by atoms with E-state index in [0.29, 0.717) is 0 Å². The van der Waals surface area contributed by atoms with Crippen molar-refractivity contribution in [1.82, 2.24) is 6.15 Å². The topological polar surface area (TPSA) is 95.7 Å². The SMILES string of the molecule is N.OCC[CH2][Al]([CH2]CCO)[CH2]CCO. The van der Waals surface area contributed by atoms with Crippen LogP contribution in [0, 0.1) is 0 Å². The molecule has 0 unspecified atom stereocenters. The van der Waals surface area contributed by atoms with E-state index in [1.54, 1.807) is 0 Å². The van der Waals surface area contributed by atoms with Crippen molar-refractivity contribution < 1.29 is 15.3 Å². The Balaban J connectivity index is 0. The van der Waals surface area contributed by atoms with Crippen LogP contribution in [0.15, 0.2) is 0 Å². The smallest absolute Gasteiger partial charge is 0.262 e. The maximum atomic E-state index is 8.69. The van der Waals surface area contributed by atoms with Crippen molar-refractivity contribution in [3.63, 3.8) is 0 Å². The van der Waals surface area contributed by atoms with E-state index in [1.807, 2.05) is 0 Å². The maximum absolute atomic E-state index is 8.69. The van der Waals surface area contributed by atoms with Gasteiger partial charge in [-0.2, -0.15) is 0 Å². The van der Waals surface area contributed by atoms with Gasteiger partial charge in [0.2, 0.25) is 0 Å². The van der Waals surface area contributed by atoms with Crippen molar-refractivity contribution in [3.8, 4) is 0 Å². The zero-order valence-electron chi connectivity index (χ0n) is 8.99. The second-order valence-corrected chi connectivity index (χ2v) is 6.93. The third-order valence-corrected chi connectivity index (χ3v) is 5.99. The van der Waals surface area contributed by atoms with E-state index in [2.05, 4.69) is 0 Å². The molecule has 86 valence electrons. The third-order valence-electron chi connectivity index (χ3n) is 2.31. The zero-order chi connectivity index (χ0) is 9.94. The summed E-state index contributed by atoms with van der Waals surface area (Å²) < 4.78 is 0. The van der Waals surface area contributed by atoms with Crippen LogP contribution in [-0.4, -0.2) is 49.3 Å². The molecule has 0 bridgehead atoms. The summed E-state index contributed by atoms with van der Waals surface area (Å²) in [6.07, 6.45) is 2.69. The van der Waals surface area contributed by atoms with Crippen molar-refractivity contribution in [2.24, 2.45) is 0 Å². The Kier molecular flexibility index (Phi) is 16.0. The third kappa shape index (κ3) is 10.5. The van der Waals surface area contributed by atoms with Gasteiger partial charge in [0.05, 0.1) is 0 Å². The molecule has 0 rings (SSSR count). The van der Waals surface area contributed by atoms with Crippen molar-refractivity contribution >= 4 is 14.1 Å². The molecule has 0 amide bonds. The van der Waals surface area contributed by atoms with E-state index < -0.39 is 14.1 Å². The van der Waals surface area contributed by atoms with Crippen LogP contribution in [0.2, 0.25) is 15.8 Å². The minimum Gasteiger partial charge on any atom is -0.396 e. The van der Waals surface area contributed by atoms with Crippen LogP contribution in [0.5, 0.6) is 0 Å². The van der Waals surface area contributed by atoms with Gasteiger partial charge >= 0.3 is 0 Å². The molecular formula is C9H24AlNO3. The van der Waals surface area contributed by atoms with Crippen LogP contribution in [0.25, 0.3) is 0 Å². The average molecular weight is 221 g/mol. The van der Waals surface area contributed by atoms with Crippen LogP contribution in [-0.2, 0) is 0 Å². The Morgan fingerprint density at radius 3 is 1.14 bits per heavy atom. The van der Waals surface area contributed by atoms with Gasteiger partial charge < -0.3 is 21.5 Å². The van der Waals surface area contributed by atoms with Gasteiger partial charge in [-0.25, -0.2) is 0 Å². The van der Waals surface area contributed by atoms with Crippen LogP contribution < -0.4 is 6.15 Å². The lowest BCUT2D eigenvalue weighted by Gasteiger charge is -2.09. The summed E-state index contributed by atoms with van der Waals surface area (Å²) in [5.74, 6) is 0. The molecule has 0 saturated carbocycles. The highest BCUT2D eigenvalue weighted by molar-refractivity contribution is 6.58. The maximum Gasteiger partial charge on any atom is 0.262 e. The van der Waals surface area contributed by atoms with Crippen molar-refractivity contribution in [2.45, 2.75) is 35.1 Å². The van der Waals surface area contributed by atoms with Crippen molar-refractivity contribution in [1.29, 1.82) is 0 Å². The van der Waals surface area contributed by atoms with E-state index in [-0.39, 0.29) is 26.0 Å². The first-order valence-corrected chi connectivity index (χ1v) is 7.62. The van der Waals surface area contributed by atoms with E-state index >= 15 is 0 Å². The molecule has 0 radical (unpaired) electrons. The molecule has 0 aromatic heterocycles. The van der Waals surface area contributed by atoms with Gasteiger partial charge in [0, 0.05) is 19.8 Å². The number of hydrogen-bond donors (Lipinski definition) is 4. The highest BCUT2D eigenvalue weighted by Crippen LogP contribution is 2.12. The predicted molar refractivity (Wildman–Crippen MR) is 60.3 cm³/mol. The van der Waals surface area contributed by atoms with Crippen molar-refractivity contribution in [3.05, 3.63) is 0 Å². The summed E-state index contributed by atoms with van der Waals surface area (Å²) >= 11 is -0.767. The molecule has 5 heteroatoms. The van der Waals surface area contributed by atoms with Crippen LogP contribution >= 0.6 is 0 Å². The number of rotatable bonds is 9. The van der Waals surface area contributed by atoms with Gasteiger partial charge in [-0.05, 0) is 19.3 Å². The van der Waals surface area contributed by atoms with Gasteiger partial charge in [0.25, 0.3) is 14.1 Å². The lowest BCUT2D eigenvalue weighted by Crippen LogP contribution is -2.13. The molecule has 0 aromatic carbocycles. The summed E-state index contributed by atoms with van der Waals surface area (Å²) in [5, 5.41) is 29.5. The minimum atomic E-state index is -0.767. The van der Waals surface area contributed by atoms with Gasteiger partial charge in [-0.15, -0.1) is 0 Å². The number of aliphatic hydroxyl groups is 3. The fourth-order valence-electron chi connectivity index (χ4n) is 1.57. The molecule has 0 aromatic rings. The molecule has 0 atom stereocenters. The summed E-state index contributed by atoms with van der Waals surface area (Å²) in [5.41, 5.74) is 0.